The number of nitrogen functional groups attached to an aromatic ring is 1. The molecule has 0 unspecified atom stereocenters. The van der Waals surface area contributed by atoms with Crippen LogP contribution in [-0.2, 0) is 4.74 Å². The molecule has 0 heterocycles. The molecule has 1 rings (SSSR count). The molecule has 142 valence electrons. The number of phenolic OH excluding ortho intramolecular Hbond substituents is 1. The number of nitrogens with two attached hydrogens (primary N) is 1. The van der Waals surface area contributed by atoms with Gasteiger partial charge in [0.1, 0.15) is 11.3 Å². The van der Waals surface area contributed by atoms with E-state index in [0.29, 0.717) is 12.3 Å². The zero-order chi connectivity index (χ0) is 18.3. The Bertz CT molecular complexity index is 488. The van der Waals surface area contributed by atoms with Crippen LogP contribution in [-0.4, -0.2) is 17.7 Å². The first-order chi connectivity index (χ1) is 12.1. The van der Waals surface area contributed by atoms with Crippen molar-refractivity contribution in [1.29, 1.82) is 0 Å². The van der Waals surface area contributed by atoms with Gasteiger partial charge in [-0.1, -0.05) is 77.6 Å². The fraction of sp³-hybridized carbons (Fsp3) is 0.667. The van der Waals surface area contributed by atoms with Gasteiger partial charge in [0.25, 0.3) is 0 Å². The minimum absolute atomic E-state index is 0.125. The van der Waals surface area contributed by atoms with E-state index in [4.69, 9.17) is 10.5 Å². The standard InChI is InChI=1S/C21H35NO3/c1-2-3-4-5-6-7-8-9-10-11-12-13-16-25-21(24)19-15-14-18(22)17-20(19)23/h14-15,17,23H,2-13,16,22H2,1H3. The molecule has 0 aliphatic heterocycles. The number of carbonyl (C=O) groups excluding carboxylic acids is 1. The van der Waals surface area contributed by atoms with Crippen molar-refractivity contribution in [3.8, 4) is 5.75 Å². The number of hydrogen-bond acceptors (Lipinski definition) is 4. The maximum Gasteiger partial charge on any atom is 0.341 e. The molecular weight excluding hydrogens is 314 g/mol. The lowest BCUT2D eigenvalue weighted by atomic mass is 10.1. The Labute approximate surface area is 152 Å². The largest absolute Gasteiger partial charge is 0.507 e. The summed E-state index contributed by atoms with van der Waals surface area (Å²) in [5, 5.41) is 9.68. The normalized spacial score (nSPS) is 10.8. The second kappa shape index (κ2) is 13.6. The van der Waals surface area contributed by atoms with E-state index in [0.717, 1.165) is 12.8 Å². The molecule has 3 N–H and O–H groups in total. The highest BCUT2D eigenvalue weighted by Crippen LogP contribution is 2.21. The number of rotatable bonds is 14. The molecule has 0 aliphatic rings. The number of esters is 1. The molecule has 0 fully saturated rings. The average molecular weight is 350 g/mol. The van der Waals surface area contributed by atoms with Crippen LogP contribution in [0.4, 0.5) is 5.69 Å². The van der Waals surface area contributed by atoms with Crippen LogP contribution in [0, 0.1) is 0 Å². The van der Waals surface area contributed by atoms with Gasteiger partial charge < -0.3 is 15.6 Å². The molecule has 0 aliphatic carbocycles. The highest BCUT2D eigenvalue weighted by molar-refractivity contribution is 5.92. The summed E-state index contributed by atoms with van der Waals surface area (Å²) >= 11 is 0. The second-order valence-electron chi connectivity index (χ2n) is 6.80. The Kier molecular flexibility index (Phi) is 11.6. The van der Waals surface area contributed by atoms with Crippen molar-refractivity contribution < 1.29 is 14.6 Å². The average Bonchev–Trinajstić information content (AvgIpc) is 2.58. The van der Waals surface area contributed by atoms with Crippen molar-refractivity contribution in [2.45, 2.75) is 84.0 Å². The van der Waals surface area contributed by atoms with E-state index in [-0.39, 0.29) is 11.3 Å². The summed E-state index contributed by atoms with van der Waals surface area (Å²) in [5.74, 6) is -0.611. The molecule has 4 nitrogen and oxygen atoms in total. The predicted octanol–water partition coefficient (Wildman–Crippen LogP) is 5.83. The molecule has 0 atom stereocenters. The maximum atomic E-state index is 11.9. The second-order valence-corrected chi connectivity index (χ2v) is 6.80. The summed E-state index contributed by atoms with van der Waals surface area (Å²) in [6.45, 7) is 2.66. The van der Waals surface area contributed by atoms with Crippen LogP contribution < -0.4 is 5.73 Å². The fourth-order valence-electron chi connectivity index (χ4n) is 2.91. The molecule has 0 amide bonds. The number of carbonyl (C=O) groups is 1. The lowest BCUT2D eigenvalue weighted by Crippen LogP contribution is -2.07. The summed E-state index contributed by atoms with van der Waals surface area (Å²) in [7, 11) is 0. The Morgan fingerprint density at radius 3 is 1.96 bits per heavy atom. The Morgan fingerprint density at radius 1 is 0.920 bits per heavy atom. The van der Waals surface area contributed by atoms with E-state index in [9.17, 15) is 9.90 Å². The van der Waals surface area contributed by atoms with Gasteiger partial charge in [0.05, 0.1) is 6.61 Å². The first kappa shape index (κ1) is 21.3. The van der Waals surface area contributed by atoms with Crippen molar-refractivity contribution in [3.05, 3.63) is 23.8 Å². The molecule has 1 aromatic carbocycles. The molecule has 4 heteroatoms. The van der Waals surface area contributed by atoms with Gasteiger partial charge in [0.2, 0.25) is 0 Å². The van der Waals surface area contributed by atoms with Crippen molar-refractivity contribution in [2.24, 2.45) is 0 Å². The third-order valence-corrected chi connectivity index (χ3v) is 4.47. The number of benzene rings is 1. The molecule has 0 spiro atoms. The monoisotopic (exact) mass is 349 g/mol. The van der Waals surface area contributed by atoms with Gasteiger partial charge in [-0.2, -0.15) is 0 Å². The number of unbranched alkanes of at least 4 members (excludes halogenated alkanes) is 11. The van der Waals surface area contributed by atoms with Crippen molar-refractivity contribution in [1.82, 2.24) is 0 Å². The molecule has 1 aromatic rings. The van der Waals surface area contributed by atoms with Gasteiger partial charge in [0.15, 0.2) is 0 Å². The van der Waals surface area contributed by atoms with E-state index >= 15 is 0 Å². The fourth-order valence-corrected chi connectivity index (χ4v) is 2.91. The van der Waals surface area contributed by atoms with Gasteiger partial charge in [0, 0.05) is 11.8 Å². The number of phenols is 1. The van der Waals surface area contributed by atoms with Crippen molar-refractivity contribution >= 4 is 11.7 Å². The minimum atomic E-state index is -0.486. The highest BCUT2D eigenvalue weighted by atomic mass is 16.5. The van der Waals surface area contributed by atoms with Gasteiger partial charge in [-0.15, -0.1) is 0 Å². The number of anilines is 1. The Balaban J connectivity index is 1.94. The molecule has 0 saturated heterocycles. The third kappa shape index (κ3) is 10.0. The maximum absolute atomic E-state index is 11.9. The first-order valence-corrected chi connectivity index (χ1v) is 9.90. The lowest BCUT2D eigenvalue weighted by Gasteiger charge is -2.07. The Hall–Kier alpha value is -1.71. The van der Waals surface area contributed by atoms with Gasteiger partial charge in [-0.3, -0.25) is 0 Å². The Morgan fingerprint density at radius 2 is 1.44 bits per heavy atom. The quantitative estimate of drug-likeness (QED) is 0.252. The summed E-state index contributed by atoms with van der Waals surface area (Å²) in [6, 6.07) is 4.44. The first-order valence-electron chi connectivity index (χ1n) is 9.90. The van der Waals surface area contributed by atoms with Crippen LogP contribution in [0.2, 0.25) is 0 Å². The summed E-state index contributed by atoms with van der Waals surface area (Å²) < 4.78 is 5.20. The number of aromatic hydroxyl groups is 1. The molecule has 0 bridgehead atoms. The van der Waals surface area contributed by atoms with Crippen LogP contribution >= 0.6 is 0 Å². The SMILES string of the molecule is CCCCCCCCCCCCCCOC(=O)c1ccc(N)cc1O. The summed E-state index contributed by atoms with van der Waals surface area (Å²) in [6.07, 6.45) is 15.3. The van der Waals surface area contributed by atoms with Crippen LogP contribution in [0.3, 0.4) is 0 Å². The van der Waals surface area contributed by atoms with E-state index in [1.165, 1.54) is 76.3 Å². The molecule has 0 aromatic heterocycles. The topological polar surface area (TPSA) is 72.5 Å². The minimum Gasteiger partial charge on any atom is -0.507 e. The van der Waals surface area contributed by atoms with Gasteiger partial charge in [-0.05, 0) is 18.6 Å². The van der Waals surface area contributed by atoms with Gasteiger partial charge in [-0.25, -0.2) is 4.79 Å². The number of ether oxygens (including phenoxy) is 1. The molecule has 0 saturated carbocycles. The lowest BCUT2D eigenvalue weighted by molar-refractivity contribution is 0.0494. The van der Waals surface area contributed by atoms with Gasteiger partial charge >= 0.3 is 5.97 Å². The molecule has 25 heavy (non-hydrogen) atoms. The zero-order valence-electron chi connectivity index (χ0n) is 15.8. The van der Waals surface area contributed by atoms with Crippen LogP contribution in [0.1, 0.15) is 94.3 Å². The van der Waals surface area contributed by atoms with Crippen molar-refractivity contribution in [2.75, 3.05) is 12.3 Å². The van der Waals surface area contributed by atoms with E-state index < -0.39 is 5.97 Å². The van der Waals surface area contributed by atoms with E-state index in [2.05, 4.69) is 6.92 Å². The van der Waals surface area contributed by atoms with E-state index in [1.807, 2.05) is 0 Å². The number of hydrogen-bond donors (Lipinski definition) is 2. The molecular formula is C21H35NO3. The summed E-state index contributed by atoms with van der Waals surface area (Å²) in [5.41, 5.74) is 6.14. The third-order valence-electron chi connectivity index (χ3n) is 4.47. The van der Waals surface area contributed by atoms with Crippen molar-refractivity contribution in [3.63, 3.8) is 0 Å². The summed E-state index contributed by atoms with van der Waals surface area (Å²) in [4.78, 5) is 11.9. The van der Waals surface area contributed by atoms with E-state index in [1.54, 1.807) is 6.07 Å². The van der Waals surface area contributed by atoms with Crippen LogP contribution in [0.25, 0.3) is 0 Å². The smallest absolute Gasteiger partial charge is 0.341 e. The highest BCUT2D eigenvalue weighted by Gasteiger charge is 2.12. The van der Waals surface area contributed by atoms with Crippen LogP contribution in [0.5, 0.6) is 5.75 Å². The predicted molar refractivity (Wildman–Crippen MR) is 104 cm³/mol. The van der Waals surface area contributed by atoms with Crippen LogP contribution in [0.15, 0.2) is 18.2 Å². The molecule has 0 radical (unpaired) electrons. The zero-order valence-corrected chi connectivity index (χ0v) is 15.8.